The van der Waals surface area contributed by atoms with Crippen LogP contribution < -0.4 is 5.32 Å². The molecule has 4 rings (SSSR count). The van der Waals surface area contributed by atoms with Gasteiger partial charge in [-0.2, -0.15) is 0 Å². The molecule has 1 aromatic heterocycles. The van der Waals surface area contributed by atoms with Gasteiger partial charge in [-0.15, -0.1) is 5.10 Å². The van der Waals surface area contributed by atoms with Gasteiger partial charge in [0, 0.05) is 25.4 Å². The predicted molar refractivity (Wildman–Crippen MR) is 97.1 cm³/mol. The van der Waals surface area contributed by atoms with E-state index in [-0.39, 0.29) is 17.9 Å². The van der Waals surface area contributed by atoms with Gasteiger partial charge in [0.15, 0.2) is 0 Å². The molecule has 0 aliphatic carbocycles. The van der Waals surface area contributed by atoms with E-state index in [1.165, 1.54) is 5.56 Å². The Balaban J connectivity index is 1.48. The van der Waals surface area contributed by atoms with Crippen LogP contribution in [0.15, 0.2) is 18.2 Å². The molecule has 2 aromatic rings. The quantitative estimate of drug-likeness (QED) is 0.893. The Kier molecular flexibility index (Phi) is 4.69. The fourth-order valence-electron chi connectivity index (χ4n) is 3.39. The zero-order chi connectivity index (χ0) is 18.1. The molecule has 26 heavy (non-hydrogen) atoms. The van der Waals surface area contributed by atoms with Gasteiger partial charge in [-0.25, -0.2) is 0 Å². The van der Waals surface area contributed by atoms with Crippen LogP contribution in [0.4, 0.5) is 5.69 Å². The number of carbonyl (C=O) groups excluding carboxylic acids is 2. The number of benzene rings is 1. The van der Waals surface area contributed by atoms with Gasteiger partial charge in [0.05, 0.1) is 5.69 Å². The number of aromatic nitrogens is 2. The van der Waals surface area contributed by atoms with E-state index in [1.54, 1.807) is 6.92 Å². The Bertz CT molecular complexity index is 845. The number of hydrogen-bond donors (Lipinski definition) is 1. The van der Waals surface area contributed by atoms with E-state index in [0.717, 1.165) is 42.0 Å². The molecule has 1 N–H and O–H groups in total. The standard InChI is InChI=1S/C18H20N4O3S/c1-11-16(26-21-20-11)18(24)22-7-6-12-4-5-14(9-13(12)10-22)19-17(23)15-3-2-8-25-15/h4-5,9,15H,2-3,6-8,10H2,1H3,(H,19,23). The largest absolute Gasteiger partial charge is 0.368 e. The zero-order valence-electron chi connectivity index (χ0n) is 14.5. The molecule has 1 saturated heterocycles. The van der Waals surface area contributed by atoms with Gasteiger partial charge in [-0.1, -0.05) is 10.6 Å². The van der Waals surface area contributed by atoms with Crippen LogP contribution in [0.2, 0.25) is 0 Å². The van der Waals surface area contributed by atoms with Crippen molar-refractivity contribution in [3.63, 3.8) is 0 Å². The van der Waals surface area contributed by atoms with E-state index < -0.39 is 0 Å². The summed E-state index contributed by atoms with van der Waals surface area (Å²) in [4.78, 5) is 27.3. The molecular weight excluding hydrogens is 352 g/mol. The first-order valence-electron chi connectivity index (χ1n) is 8.74. The molecule has 0 saturated carbocycles. The zero-order valence-corrected chi connectivity index (χ0v) is 15.3. The number of hydrogen-bond acceptors (Lipinski definition) is 6. The molecule has 2 aliphatic heterocycles. The second kappa shape index (κ2) is 7.13. The van der Waals surface area contributed by atoms with E-state index in [0.29, 0.717) is 30.3 Å². The van der Waals surface area contributed by atoms with Gasteiger partial charge in [-0.05, 0) is 61.0 Å². The van der Waals surface area contributed by atoms with E-state index >= 15 is 0 Å². The van der Waals surface area contributed by atoms with Crippen molar-refractivity contribution < 1.29 is 14.3 Å². The average Bonchev–Trinajstić information content (AvgIpc) is 3.32. The number of rotatable bonds is 3. The fourth-order valence-corrected chi connectivity index (χ4v) is 4.01. The van der Waals surface area contributed by atoms with E-state index in [9.17, 15) is 9.59 Å². The molecule has 0 bridgehead atoms. The van der Waals surface area contributed by atoms with Crippen LogP contribution in [0.5, 0.6) is 0 Å². The SMILES string of the molecule is Cc1nnsc1C(=O)N1CCc2ccc(NC(=O)C3CCCO3)cc2C1. The van der Waals surface area contributed by atoms with Crippen LogP contribution in [0.25, 0.3) is 0 Å². The Labute approximate surface area is 155 Å². The van der Waals surface area contributed by atoms with Crippen molar-refractivity contribution in [3.8, 4) is 0 Å². The fraction of sp³-hybridized carbons (Fsp3) is 0.444. The molecule has 1 unspecified atom stereocenters. The predicted octanol–water partition coefficient (Wildman–Crippen LogP) is 2.16. The highest BCUT2D eigenvalue weighted by molar-refractivity contribution is 7.07. The number of aryl methyl sites for hydroxylation is 1. The Hall–Kier alpha value is -2.32. The molecule has 7 nitrogen and oxygen atoms in total. The topological polar surface area (TPSA) is 84.4 Å². The number of nitrogens with one attached hydrogen (secondary N) is 1. The molecule has 8 heteroatoms. The van der Waals surface area contributed by atoms with Gasteiger partial charge in [0.1, 0.15) is 11.0 Å². The minimum absolute atomic E-state index is 0.0306. The lowest BCUT2D eigenvalue weighted by Crippen LogP contribution is -2.36. The van der Waals surface area contributed by atoms with Crippen molar-refractivity contribution in [2.45, 2.75) is 38.8 Å². The third kappa shape index (κ3) is 3.34. The highest BCUT2D eigenvalue weighted by Gasteiger charge is 2.26. The maximum Gasteiger partial charge on any atom is 0.267 e. The summed E-state index contributed by atoms with van der Waals surface area (Å²) in [5, 5.41) is 6.85. The number of anilines is 1. The number of carbonyl (C=O) groups is 2. The maximum atomic E-state index is 12.7. The Morgan fingerprint density at radius 3 is 2.96 bits per heavy atom. The summed E-state index contributed by atoms with van der Waals surface area (Å²) in [6.45, 7) is 3.64. The lowest BCUT2D eigenvalue weighted by atomic mass is 9.98. The first-order valence-corrected chi connectivity index (χ1v) is 9.51. The summed E-state index contributed by atoms with van der Waals surface area (Å²) >= 11 is 1.14. The smallest absolute Gasteiger partial charge is 0.267 e. The minimum Gasteiger partial charge on any atom is -0.368 e. The Morgan fingerprint density at radius 2 is 2.23 bits per heavy atom. The van der Waals surface area contributed by atoms with Crippen molar-refractivity contribution in [2.24, 2.45) is 0 Å². The van der Waals surface area contributed by atoms with Gasteiger partial charge < -0.3 is 15.0 Å². The summed E-state index contributed by atoms with van der Waals surface area (Å²) in [6.07, 6.45) is 2.13. The van der Waals surface area contributed by atoms with E-state index in [1.807, 2.05) is 23.1 Å². The third-order valence-corrected chi connectivity index (χ3v) is 5.66. The van der Waals surface area contributed by atoms with E-state index in [2.05, 4.69) is 14.9 Å². The van der Waals surface area contributed by atoms with Crippen molar-refractivity contribution in [1.82, 2.24) is 14.5 Å². The molecule has 1 fully saturated rings. The van der Waals surface area contributed by atoms with Crippen molar-refractivity contribution in [1.29, 1.82) is 0 Å². The molecule has 0 spiro atoms. The van der Waals surface area contributed by atoms with Gasteiger partial charge in [0.25, 0.3) is 11.8 Å². The van der Waals surface area contributed by atoms with Crippen molar-refractivity contribution in [3.05, 3.63) is 39.9 Å². The van der Waals surface area contributed by atoms with Gasteiger partial charge in [-0.3, -0.25) is 9.59 Å². The summed E-state index contributed by atoms with van der Waals surface area (Å²) < 4.78 is 9.28. The first-order chi connectivity index (χ1) is 12.6. The number of ether oxygens (including phenoxy) is 1. The van der Waals surface area contributed by atoms with Crippen molar-refractivity contribution in [2.75, 3.05) is 18.5 Å². The molecule has 2 amide bonds. The summed E-state index contributed by atoms with van der Waals surface area (Å²) in [6, 6.07) is 5.90. The lowest BCUT2D eigenvalue weighted by Gasteiger charge is -2.29. The number of amides is 2. The van der Waals surface area contributed by atoms with Crippen molar-refractivity contribution >= 4 is 29.0 Å². The number of nitrogens with zero attached hydrogens (tertiary/aromatic N) is 3. The first kappa shape index (κ1) is 17.1. The molecule has 3 heterocycles. The second-order valence-electron chi connectivity index (χ2n) is 6.64. The lowest BCUT2D eigenvalue weighted by molar-refractivity contribution is -0.124. The van der Waals surface area contributed by atoms with E-state index in [4.69, 9.17) is 4.74 Å². The maximum absolute atomic E-state index is 12.7. The second-order valence-corrected chi connectivity index (χ2v) is 7.39. The van der Waals surface area contributed by atoms with Gasteiger partial charge >= 0.3 is 0 Å². The molecule has 136 valence electrons. The normalized spacial score (nSPS) is 19.3. The highest BCUT2D eigenvalue weighted by Crippen LogP contribution is 2.25. The molecule has 2 aliphatic rings. The average molecular weight is 372 g/mol. The Morgan fingerprint density at radius 1 is 1.35 bits per heavy atom. The highest BCUT2D eigenvalue weighted by atomic mass is 32.1. The van der Waals surface area contributed by atoms with Crippen LogP contribution >= 0.6 is 11.5 Å². The molecule has 1 atom stereocenters. The molecular formula is C18H20N4O3S. The minimum atomic E-state index is -0.356. The van der Waals surface area contributed by atoms with Crippen LogP contribution in [-0.2, 0) is 22.5 Å². The van der Waals surface area contributed by atoms with Crippen LogP contribution in [0.3, 0.4) is 0 Å². The molecule has 1 aromatic carbocycles. The summed E-state index contributed by atoms with van der Waals surface area (Å²) in [5.74, 6) is -0.130. The monoisotopic (exact) mass is 372 g/mol. The van der Waals surface area contributed by atoms with Gasteiger partial charge in [0.2, 0.25) is 0 Å². The van der Waals surface area contributed by atoms with Crippen LogP contribution in [0, 0.1) is 6.92 Å². The van der Waals surface area contributed by atoms with Crippen LogP contribution in [-0.4, -0.2) is 45.6 Å². The summed E-state index contributed by atoms with van der Waals surface area (Å²) in [7, 11) is 0. The third-order valence-electron chi connectivity index (χ3n) is 4.84. The summed E-state index contributed by atoms with van der Waals surface area (Å²) in [5.41, 5.74) is 3.69. The number of fused-ring (bicyclic) bond motifs is 1. The molecule has 0 radical (unpaired) electrons. The van der Waals surface area contributed by atoms with Crippen LogP contribution in [0.1, 0.15) is 39.3 Å².